The van der Waals surface area contributed by atoms with E-state index >= 15 is 0 Å². The normalized spacial score (nSPS) is 18.3. The fourth-order valence-electron chi connectivity index (χ4n) is 3.23. The standard InChI is InChI=1S/C17H27NO/c1-13-9-10-15(12-17(13)19-3)16(18-2)11-14-7-5-4-6-8-14/h9-10,12,14,16,18H,4-8,11H2,1-3H3. The lowest BCUT2D eigenvalue weighted by atomic mass is 9.83. The molecule has 0 spiro atoms. The van der Waals surface area contributed by atoms with Crippen molar-refractivity contribution >= 4 is 0 Å². The maximum absolute atomic E-state index is 5.44. The van der Waals surface area contributed by atoms with E-state index in [1.165, 1.54) is 49.7 Å². The van der Waals surface area contributed by atoms with Crippen molar-refractivity contribution in [1.82, 2.24) is 5.32 Å². The Morgan fingerprint density at radius 3 is 2.63 bits per heavy atom. The fourth-order valence-corrected chi connectivity index (χ4v) is 3.23. The van der Waals surface area contributed by atoms with Gasteiger partial charge in [0, 0.05) is 6.04 Å². The van der Waals surface area contributed by atoms with Crippen molar-refractivity contribution in [1.29, 1.82) is 0 Å². The Bertz CT molecular complexity index is 396. The van der Waals surface area contributed by atoms with Crippen LogP contribution in [-0.4, -0.2) is 14.2 Å². The smallest absolute Gasteiger partial charge is 0.122 e. The maximum atomic E-state index is 5.44. The predicted molar refractivity (Wildman–Crippen MR) is 80.7 cm³/mol. The Labute approximate surface area is 117 Å². The van der Waals surface area contributed by atoms with Crippen LogP contribution in [-0.2, 0) is 0 Å². The minimum absolute atomic E-state index is 0.456. The summed E-state index contributed by atoms with van der Waals surface area (Å²) in [6, 6.07) is 7.05. The molecule has 19 heavy (non-hydrogen) atoms. The third-order valence-corrected chi connectivity index (χ3v) is 4.48. The molecule has 0 heterocycles. The van der Waals surface area contributed by atoms with Crippen LogP contribution in [0.4, 0.5) is 0 Å². The number of rotatable bonds is 5. The first kappa shape index (κ1) is 14.4. The van der Waals surface area contributed by atoms with Crippen molar-refractivity contribution in [3.63, 3.8) is 0 Å². The van der Waals surface area contributed by atoms with Gasteiger partial charge in [0.25, 0.3) is 0 Å². The summed E-state index contributed by atoms with van der Waals surface area (Å²) in [5.74, 6) is 1.89. The third kappa shape index (κ3) is 3.73. The first-order valence-electron chi connectivity index (χ1n) is 7.56. The molecule has 1 fully saturated rings. The molecular weight excluding hydrogens is 234 g/mol. The number of methoxy groups -OCH3 is 1. The molecule has 2 rings (SSSR count). The van der Waals surface area contributed by atoms with E-state index in [-0.39, 0.29) is 0 Å². The Kier molecular flexibility index (Phi) is 5.26. The topological polar surface area (TPSA) is 21.3 Å². The minimum atomic E-state index is 0.456. The summed E-state index contributed by atoms with van der Waals surface area (Å²) in [5, 5.41) is 3.48. The molecule has 2 nitrogen and oxygen atoms in total. The third-order valence-electron chi connectivity index (χ3n) is 4.48. The van der Waals surface area contributed by atoms with Gasteiger partial charge in [-0.2, -0.15) is 0 Å². The lowest BCUT2D eigenvalue weighted by Crippen LogP contribution is -2.21. The zero-order valence-corrected chi connectivity index (χ0v) is 12.5. The molecule has 0 bridgehead atoms. The molecule has 106 valence electrons. The van der Waals surface area contributed by atoms with Gasteiger partial charge in [0.1, 0.15) is 5.75 Å². The quantitative estimate of drug-likeness (QED) is 0.856. The van der Waals surface area contributed by atoms with E-state index in [0.717, 1.165) is 11.7 Å². The molecule has 1 aromatic rings. The van der Waals surface area contributed by atoms with Crippen LogP contribution >= 0.6 is 0 Å². The first-order valence-corrected chi connectivity index (χ1v) is 7.56. The van der Waals surface area contributed by atoms with Gasteiger partial charge in [-0.15, -0.1) is 0 Å². The number of aryl methyl sites for hydroxylation is 1. The zero-order valence-electron chi connectivity index (χ0n) is 12.5. The second-order valence-corrected chi connectivity index (χ2v) is 5.81. The zero-order chi connectivity index (χ0) is 13.7. The highest BCUT2D eigenvalue weighted by Gasteiger charge is 2.19. The molecule has 1 atom stereocenters. The summed E-state index contributed by atoms with van der Waals surface area (Å²) in [4.78, 5) is 0. The molecule has 0 aromatic heterocycles. The van der Waals surface area contributed by atoms with Crippen LogP contribution in [0.5, 0.6) is 5.75 Å². The van der Waals surface area contributed by atoms with Crippen molar-refractivity contribution in [2.45, 2.75) is 51.5 Å². The van der Waals surface area contributed by atoms with Crippen molar-refractivity contribution in [3.05, 3.63) is 29.3 Å². The molecule has 1 aliphatic carbocycles. The molecule has 2 heteroatoms. The number of hydrogen-bond donors (Lipinski definition) is 1. The molecule has 0 aliphatic heterocycles. The highest BCUT2D eigenvalue weighted by molar-refractivity contribution is 5.37. The number of nitrogens with one attached hydrogen (secondary N) is 1. The van der Waals surface area contributed by atoms with E-state index in [9.17, 15) is 0 Å². The molecule has 0 saturated heterocycles. The van der Waals surface area contributed by atoms with Gasteiger partial charge < -0.3 is 10.1 Å². The van der Waals surface area contributed by atoms with E-state index in [1.807, 2.05) is 0 Å². The molecule has 1 aromatic carbocycles. The van der Waals surface area contributed by atoms with Gasteiger partial charge in [-0.25, -0.2) is 0 Å². The van der Waals surface area contributed by atoms with Crippen molar-refractivity contribution in [2.75, 3.05) is 14.2 Å². The Hall–Kier alpha value is -1.02. The van der Waals surface area contributed by atoms with Crippen LogP contribution in [0, 0.1) is 12.8 Å². The van der Waals surface area contributed by atoms with E-state index < -0.39 is 0 Å². The van der Waals surface area contributed by atoms with Gasteiger partial charge in [0.2, 0.25) is 0 Å². The largest absolute Gasteiger partial charge is 0.496 e. The molecule has 1 unspecified atom stereocenters. The second-order valence-electron chi connectivity index (χ2n) is 5.81. The van der Waals surface area contributed by atoms with Gasteiger partial charge in [-0.05, 0) is 43.5 Å². The van der Waals surface area contributed by atoms with Crippen molar-refractivity contribution < 1.29 is 4.74 Å². The lowest BCUT2D eigenvalue weighted by molar-refractivity contribution is 0.305. The number of ether oxygens (including phenoxy) is 1. The first-order chi connectivity index (χ1) is 9.24. The fraction of sp³-hybridized carbons (Fsp3) is 0.647. The summed E-state index contributed by atoms with van der Waals surface area (Å²) < 4.78 is 5.44. The maximum Gasteiger partial charge on any atom is 0.122 e. The highest BCUT2D eigenvalue weighted by Crippen LogP contribution is 2.33. The van der Waals surface area contributed by atoms with Gasteiger partial charge in [-0.3, -0.25) is 0 Å². The van der Waals surface area contributed by atoms with Crippen LogP contribution in [0.2, 0.25) is 0 Å². The molecule has 1 N–H and O–H groups in total. The molecule has 0 radical (unpaired) electrons. The number of benzene rings is 1. The Morgan fingerprint density at radius 2 is 2.00 bits per heavy atom. The lowest BCUT2D eigenvalue weighted by Gasteiger charge is -2.27. The summed E-state index contributed by atoms with van der Waals surface area (Å²) >= 11 is 0. The summed E-state index contributed by atoms with van der Waals surface area (Å²) in [7, 11) is 3.82. The summed E-state index contributed by atoms with van der Waals surface area (Å²) in [6.45, 7) is 2.10. The second kappa shape index (κ2) is 6.95. The van der Waals surface area contributed by atoms with Crippen LogP contribution in [0.3, 0.4) is 0 Å². The van der Waals surface area contributed by atoms with E-state index in [4.69, 9.17) is 4.74 Å². The van der Waals surface area contributed by atoms with Gasteiger partial charge >= 0.3 is 0 Å². The van der Waals surface area contributed by atoms with Crippen molar-refractivity contribution in [2.24, 2.45) is 5.92 Å². The van der Waals surface area contributed by atoms with Gasteiger partial charge in [0.05, 0.1) is 7.11 Å². The average Bonchev–Trinajstić information content (AvgIpc) is 2.46. The van der Waals surface area contributed by atoms with Crippen LogP contribution in [0.25, 0.3) is 0 Å². The van der Waals surface area contributed by atoms with Crippen LogP contribution in [0.1, 0.15) is 55.7 Å². The molecule has 1 saturated carbocycles. The van der Waals surface area contributed by atoms with Crippen molar-refractivity contribution in [3.8, 4) is 5.75 Å². The van der Waals surface area contributed by atoms with Crippen LogP contribution in [0.15, 0.2) is 18.2 Å². The Morgan fingerprint density at radius 1 is 1.26 bits per heavy atom. The van der Waals surface area contributed by atoms with Gasteiger partial charge in [0.15, 0.2) is 0 Å². The minimum Gasteiger partial charge on any atom is -0.496 e. The number of hydrogen-bond acceptors (Lipinski definition) is 2. The van der Waals surface area contributed by atoms with E-state index in [1.54, 1.807) is 7.11 Å². The van der Waals surface area contributed by atoms with Crippen LogP contribution < -0.4 is 10.1 Å². The highest BCUT2D eigenvalue weighted by atomic mass is 16.5. The molecule has 1 aliphatic rings. The van der Waals surface area contributed by atoms with E-state index in [2.05, 4.69) is 37.5 Å². The van der Waals surface area contributed by atoms with Gasteiger partial charge in [-0.1, -0.05) is 44.2 Å². The average molecular weight is 261 g/mol. The monoisotopic (exact) mass is 261 g/mol. The molecule has 0 amide bonds. The summed E-state index contributed by atoms with van der Waals surface area (Å²) in [5.41, 5.74) is 2.56. The van der Waals surface area contributed by atoms with E-state index in [0.29, 0.717) is 6.04 Å². The predicted octanol–water partition coefficient (Wildman–Crippen LogP) is 4.23. The SMILES string of the molecule is CNC(CC1CCCCC1)c1ccc(C)c(OC)c1. The molecular formula is C17H27NO. The summed E-state index contributed by atoms with van der Waals surface area (Å²) in [6.07, 6.45) is 8.32. The Balaban J connectivity index is 2.07.